The van der Waals surface area contributed by atoms with Gasteiger partial charge in [-0.2, -0.15) is 5.26 Å². The number of rotatable bonds is 1. The Morgan fingerprint density at radius 3 is 2.33 bits per heavy atom. The lowest BCUT2D eigenvalue weighted by Gasteiger charge is -1.94. The fraction of sp³-hybridized carbons (Fsp3) is 0.625. The van der Waals surface area contributed by atoms with Crippen molar-refractivity contribution in [3.8, 4) is 6.07 Å². The van der Waals surface area contributed by atoms with Crippen LogP contribution in [-0.4, -0.2) is 0 Å². The van der Waals surface area contributed by atoms with Gasteiger partial charge in [0.15, 0.2) is 0 Å². The lowest BCUT2D eigenvalue weighted by Crippen LogP contribution is -1.82. The van der Waals surface area contributed by atoms with E-state index in [1.54, 1.807) is 0 Å². The molecule has 1 aliphatic rings. The molecule has 0 amide bonds. The van der Waals surface area contributed by atoms with Gasteiger partial charge in [0.1, 0.15) is 0 Å². The molecule has 0 N–H and O–H groups in total. The second-order valence-corrected chi connectivity index (χ2v) is 2.69. The lowest BCUT2D eigenvalue weighted by atomic mass is 10.1. The van der Waals surface area contributed by atoms with Crippen molar-refractivity contribution >= 4 is 0 Å². The summed E-state index contributed by atoms with van der Waals surface area (Å²) in [6.45, 7) is 3.96. The highest BCUT2D eigenvalue weighted by atomic mass is 14.3. The fourth-order valence-corrected chi connectivity index (χ4v) is 0.911. The average molecular weight is 121 g/mol. The number of hydrogen-bond acceptors (Lipinski definition) is 1. The van der Waals surface area contributed by atoms with Gasteiger partial charge < -0.3 is 0 Å². The van der Waals surface area contributed by atoms with Crippen LogP contribution >= 0.6 is 0 Å². The van der Waals surface area contributed by atoms with Crippen LogP contribution in [0.4, 0.5) is 0 Å². The summed E-state index contributed by atoms with van der Waals surface area (Å²) >= 11 is 0. The Balaban J connectivity index is 2.67. The van der Waals surface area contributed by atoms with Crippen molar-refractivity contribution in [2.45, 2.75) is 26.7 Å². The Labute approximate surface area is 56.0 Å². The first kappa shape index (κ1) is 6.35. The molecule has 0 unspecified atom stereocenters. The van der Waals surface area contributed by atoms with Gasteiger partial charge >= 0.3 is 0 Å². The van der Waals surface area contributed by atoms with Crippen LogP contribution in [0.1, 0.15) is 26.7 Å². The molecule has 0 aliphatic heterocycles. The molecule has 0 aromatic heterocycles. The molecule has 1 saturated carbocycles. The van der Waals surface area contributed by atoms with Crippen molar-refractivity contribution in [1.29, 1.82) is 5.26 Å². The van der Waals surface area contributed by atoms with Crippen molar-refractivity contribution in [1.82, 2.24) is 0 Å². The van der Waals surface area contributed by atoms with Crippen LogP contribution in [0, 0.1) is 17.2 Å². The van der Waals surface area contributed by atoms with Gasteiger partial charge in [0.05, 0.1) is 6.07 Å². The van der Waals surface area contributed by atoms with Gasteiger partial charge in [-0.3, -0.25) is 0 Å². The van der Waals surface area contributed by atoms with Gasteiger partial charge in [-0.15, -0.1) is 0 Å². The van der Waals surface area contributed by atoms with Gasteiger partial charge in [0.25, 0.3) is 0 Å². The van der Waals surface area contributed by atoms with Crippen LogP contribution in [-0.2, 0) is 0 Å². The van der Waals surface area contributed by atoms with Crippen molar-refractivity contribution in [2.75, 3.05) is 0 Å². The monoisotopic (exact) mass is 121 g/mol. The number of hydrogen-bond donors (Lipinski definition) is 0. The summed E-state index contributed by atoms with van der Waals surface area (Å²) in [7, 11) is 0. The van der Waals surface area contributed by atoms with Crippen molar-refractivity contribution < 1.29 is 0 Å². The summed E-state index contributed by atoms with van der Waals surface area (Å²) in [5, 5.41) is 8.47. The number of allylic oxidation sites excluding steroid dienone is 2. The Hall–Kier alpha value is -0.770. The molecule has 0 saturated heterocycles. The van der Waals surface area contributed by atoms with Gasteiger partial charge in [-0.25, -0.2) is 0 Å². The molecular formula is C8H11N. The zero-order valence-electron chi connectivity index (χ0n) is 5.94. The maximum absolute atomic E-state index is 8.47. The van der Waals surface area contributed by atoms with Gasteiger partial charge in [0, 0.05) is 5.57 Å². The maximum atomic E-state index is 8.47. The van der Waals surface area contributed by atoms with Crippen LogP contribution < -0.4 is 0 Å². The molecule has 1 fully saturated rings. The SMILES string of the molecule is CC(C#N)=C(C)C1CC1. The Bertz CT molecular complexity index is 179. The minimum atomic E-state index is 0.754. The predicted molar refractivity (Wildman–Crippen MR) is 36.7 cm³/mol. The Kier molecular flexibility index (Phi) is 1.57. The third-order valence-electron chi connectivity index (χ3n) is 1.95. The van der Waals surface area contributed by atoms with Crippen molar-refractivity contribution in [3.05, 3.63) is 11.1 Å². The highest BCUT2D eigenvalue weighted by molar-refractivity contribution is 5.27. The second-order valence-electron chi connectivity index (χ2n) is 2.69. The molecule has 48 valence electrons. The zero-order valence-corrected chi connectivity index (χ0v) is 5.94. The smallest absolute Gasteiger partial charge is 0.0943 e. The van der Waals surface area contributed by atoms with E-state index >= 15 is 0 Å². The topological polar surface area (TPSA) is 23.8 Å². The minimum absolute atomic E-state index is 0.754. The van der Waals surface area contributed by atoms with E-state index in [2.05, 4.69) is 13.0 Å². The summed E-state index contributed by atoms with van der Waals surface area (Å²) in [5.74, 6) is 0.754. The largest absolute Gasteiger partial charge is 0.193 e. The summed E-state index contributed by atoms with van der Waals surface area (Å²) in [6.07, 6.45) is 2.59. The molecule has 0 heterocycles. The Morgan fingerprint density at radius 2 is 2.00 bits per heavy atom. The van der Waals surface area contributed by atoms with E-state index in [1.165, 1.54) is 18.4 Å². The van der Waals surface area contributed by atoms with E-state index in [-0.39, 0.29) is 0 Å². The first-order valence-corrected chi connectivity index (χ1v) is 3.33. The van der Waals surface area contributed by atoms with Gasteiger partial charge in [0.2, 0.25) is 0 Å². The van der Waals surface area contributed by atoms with E-state index in [0.717, 1.165) is 11.5 Å². The molecule has 0 aromatic carbocycles. The third kappa shape index (κ3) is 1.32. The van der Waals surface area contributed by atoms with Crippen LogP contribution in [0.3, 0.4) is 0 Å². The van der Waals surface area contributed by atoms with Crippen LogP contribution in [0.2, 0.25) is 0 Å². The van der Waals surface area contributed by atoms with E-state index in [1.807, 2.05) is 6.92 Å². The summed E-state index contributed by atoms with van der Waals surface area (Å²) in [5.41, 5.74) is 2.22. The normalized spacial score (nSPS) is 20.6. The highest BCUT2D eigenvalue weighted by Gasteiger charge is 2.24. The first-order chi connectivity index (χ1) is 4.25. The molecule has 0 spiro atoms. The molecular weight excluding hydrogens is 110 g/mol. The molecule has 0 bridgehead atoms. The summed E-state index contributed by atoms with van der Waals surface area (Å²) in [6, 6.07) is 2.17. The van der Waals surface area contributed by atoms with Crippen LogP contribution in [0.5, 0.6) is 0 Å². The number of nitriles is 1. The standard InChI is InChI=1S/C8H11N/c1-6(5-9)7(2)8-3-4-8/h8H,3-4H2,1-2H3. The Morgan fingerprint density at radius 1 is 1.44 bits per heavy atom. The lowest BCUT2D eigenvalue weighted by molar-refractivity contribution is 0.985. The van der Waals surface area contributed by atoms with Crippen LogP contribution in [0.15, 0.2) is 11.1 Å². The fourth-order valence-electron chi connectivity index (χ4n) is 0.911. The van der Waals surface area contributed by atoms with E-state index < -0.39 is 0 Å². The van der Waals surface area contributed by atoms with Crippen LogP contribution in [0.25, 0.3) is 0 Å². The molecule has 1 nitrogen and oxygen atoms in total. The summed E-state index contributed by atoms with van der Waals surface area (Å²) in [4.78, 5) is 0. The van der Waals surface area contributed by atoms with Gasteiger partial charge in [-0.1, -0.05) is 5.57 Å². The third-order valence-corrected chi connectivity index (χ3v) is 1.95. The van der Waals surface area contributed by atoms with Crippen molar-refractivity contribution in [3.63, 3.8) is 0 Å². The molecule has 0 radical (unpaired) electrons. The predicted octanol–water partition coefficient (Wildman–Crippen LogP) is 2.26. The number of nitrogens with zero attached hydrogens (tertiary/aromatic N) is 1. The van der Waals surface area contributed by atoms with E-state index in [9.17, 15) is 0 Å². The molecule has 9 heavy (non-hydrogen) atoms. The molecule has 1 heteroatoms. The zero-order chi connectivity index (χ0) is 6.85. The molecule has 1 aliphatic carbocycles. The summed E-state index contributed by atoms with van der Waals surface area (Å²) < 4.78 is 0. The highest BCUT2D eigenvalue weighted by Crippen LogP contribution is 2.37. The van der Waals surface area contributed by atoms with E-state index in [0.29, 0.717) is 0 Å². The van der Waals surface area contributed by atoms with E-state index in [4.69, 9.17) is 5.26 Å². The minimum Gasteiger partial charge on any atom is -0.193 e. The molecule has 0 aromatic rings. The van der Waals surface area contributed by atoms with Gasteiger partial charge in [-0.05, 0) is 32.6 Å². The average Bonchev–Trinajstić information content (AvgIpc) is 2.66. The maximum Gasteiger partial charge on any atom is 0.0943 e. The quantitative estimate of drug-likeness (QED) is 0.488. The first-order valence-electron chi connectivity index (χ1n) is 3.33. The van der Waals surface area contributed by atoms with Crippen molar-refractivity contribution in [2.24, 2.45) is 5.92 Å². The molecule has 1 rings (SSSR count). The molecule has 0 atom stereocenters. The second kappa shape index (κ2) is 2.23.